The number of aliphatic hydroxyl groups excluding tert-OH is 1. The van der Waals surface area contributed by atoms with E-state index in [0.29, 0.717) is 0 Å². The summed E-state index contributed by atoms with van der Waals surface area (Å²) in [6.45, 7) is 4.74. The van der Waals surface area contributed by atoms with Gasteiger partial charge >= 0.3 is 0 Å². The fourth-order valence-corrected chi connectivity index (χ4v) is 7.73. The molecular formula is C26H36O2Si. The van der Waals surface area contributed by atoms with Crippen LogP contribution in [0.1, 0.15) is 65.2 Å². The van der Waals surface area contributed by atoms with Crippen LogP contribution in [0, 0.1) is 11.8 Å². The lowest BCUT2D eigenvalue weighted by Crippen LogP contribution is -2.65. The van der Waals surface area contributed by atoms with Gasteiger partial charge < -0.3 is 9.90 Å². The van der Waals surface area contributed by atoms with E-state index in [4.69, 9.17) is 5.11 Å². The molecule has 0 fully saturated rings. The van der Waals surface area contributed by atoms with Crippen molar-refractivity contribution >= 4 is 18.7 Å². The number of benzene rings is 2. The molecule has 0 spiro atoms. The van der Waals surface area contributed by atoms with Crippen molar-refractivity contribution in [2.45, 2.75) is 70.3 Å². The van der Waals surface area contributed by atoms with Gasteiger partial charge in [-0.2, -0.15) is 0 Å². The van der Waals surface area contributed by atoms with Gasteiger partial charge in [0, 0.05) is 19.4 Å². The highest BCUT2D eigenvalue weighted by atomic mass is 28.4. The molecule has 0 saturated heterocycles. The van der Waals surface area contributed by atoms with E-state index < -0.39 is 8.32 Å². The van der Waals surface area contributed by atoms with Gasteiger partial charge in [0.1, 0.15) is 0 Å². The van der Waals surface area contributed by atoms with Crippen LogP contribution in [0.5, 0.6) is 0 Å². The summed E-state index contributed by atoms with van der Waals surface area (Å²) in [5.74, 6) is 6.45. The Morgan fingerprint density at radius 3 is 1.69 bits per heavy atom. The Kier molecular flexibility index (Phi) is 9.67. The van der Waals surface area contributed by atoms with Crippen molar-refractivity contribution in [1.29, 1.82) is 0 Å². The van der Waals surface area contributed by atoms with Gasteiger partial charge in [-0.3, -0.25) is 0 Å². The van der Waals surface area contributed by atoms with Crippen LogP contribution in [0.3, 0.4) is 0 Å². The van der Waals surface area contributed by atoms with Crippen LogP contribution in [-0.2, 0) is 0 Å². The molecule has 2 aromatic rings. The second-order valence-corrected chi connectivity index (χ2v) is 12.4. The summed E-state index contributed by atoms with van der Waals surface area (Å²) in [5.41, 5.74) is 0. The largest absolute Gasteiger partial charge is 0.424 e. The first-order chi connectivity index (χ1) is 14.0. The van der Waals surface area contributed by atoms with Crippen LogP contribution in [0.15, 0.2) is 60.7 Å². The van der Waals surface area contributed by atoms with E-state index in [1.54, 1.807) is 0 Å². The lowest BCUT2D eigenvalue weighted by molar-refractivity contribution is 0.285. The normalized spacial score (nSPS) is 11.7. The maximum atomic E-state index is 12.1. The lowest BCUT2D eigenvalue weighted by Gasteiger charge is -2.41. The van der Waals surface area contributed by atoms with E-state index in [1.807, 2.05) is 36.4 Å². The van der Waals surface area contributed by atoms with Crippen molar-refractivity contribution < 1.29 is 9.90 Å². The molecule has 0 bridgehead atoms. The Hall–Kier alpha value is -1.86. The summed E-state index contributed by atoms with van der Waals surface area (Å²) in [6.07, 6.45) is 8.03. The Morgan fingerprint density at radius 1 is 0.724 bits per heavy atom. The van der Waals surface area contributed by atoms with Gasteiger partial charge in [0.05, 0.1) is 0 Å². The average molecular weight is 409 g/mol. The van der Waals surface area contributed by atoms with Crippen LogP contribution >= 0.6 is 0 Å². The van der Waals surface area contributed by atoms with Gasteiger partial charge in [-0.05, 0) is 41.1 Å². The van der Waals surface area contributed by atoms with E-state index in [2.05, 4.69) is 50.0 Å². The Labute approximate surface area is 178 Å². The molecule has 0 aliphatic carbocycles. The van der Waals surface area contributed by atoms with Crippen LogP contribution < -0.4 is 10.4 Å². The zero-order valence-corrected chi connectivity index (χ0v) is 19.0. The number of aliphatic hydroxyl groups is 1. The maximum absolute atomic E-state index is 12.1. The Balaban J connectivity index is 1.97. The van der Waals surface area contributed by atoms with E-state index >= 15 is 0 Å². The second kappa shape index (κ2) is 12.0. The fourth-order valence-electron chi connectivity index (χ4n) is 3.95. The second-order valence-electron chi connectivity index (χ2n) is 8.42. The molecule has 2 N–H and O–H groups in total. The van der Waals surface area contributed by atoms with Crippen LogP contribution in [0.2, 0.25) is 5.04 Å². The van der Waals surface area contributed by atoms with E-state index in [1.165, 1.54) is 0 Å². The molecule has 0 aliphatic rings. The lowest BCUT2D eigenvalue weighted by atomic mass is 10.0. The smallest absolute Gasteiger partial charge is 0.258 e. The number of hydrogen-bond donors (Lipinski definition) is 2. The highest BCUT2D eigenvalue weighted by Gasteiger charge is 2.49. The van der Waals surface area contributed by atoms with E-state index in [0.717, 1.165) is 61.7 Å². The fraction of sp³-hybridized carbons (Fsp3) is 0.462. The molecule has 0 heterocycles. The van der Waals surface area contributed by atoms with Crippen molar-refractivity contribution in [3.8, 4) is 11.8 Å². The van der Waals surface area contributed by atoms with Crippen molar-refractivity contribution in [3.63, 3.8) is 0 Å². The minimum absolute atomic E-state index is 0.161. The number of hydrogen-bond acceptors (Lipinski definition) is 2. The predicted octanol–water partition coefficient (Wildman–Crippen LogP) is 4.64. The molecule has 2 aromatic carbocycles. The molecule has 0 aliphatic heterocycles. The third-order valence-corrected chi connectivity index (χ3v) is 10.3. The molecule has 0 saturated carbocycles. The highest BCUT2D eigenvalue weighted by Crippen LogP contribution is 2.40. The molecule has 0 unspecified atom stereocenters. The molecule has 2 nitrogen and oxygen atoms in total. The first kappa shape index (κ1) is 23.4. The van der Waals surface area contributed by atoms with Crippen molar-refractivity contribution in [2.75, 3.05) is 6.61 Å². The average Bonchev–Trinajstić information content (AvgIpc) is 2.75. The van der Waals surface area contributed by atoms with Crippen LogP contribution in [0.25, 0.3) is 0 Å². The zero-order chi connectivity index (χ0) is 21.0. The zero-order valence-electron chi connectivity index (χ0n) is 18.0. The van der Waals surface area contributed by atoms with Gasteiger partial charge in [0.2, 0.25) is 0 Å². The standard InChI is InChI=1S/C26H36O2Si/c1-26(2,22-16-8-6-4-3-5-7-9-17-23-27)29(28,24-18-12-10-13-19-24)25-20-14-11-15-21-25/h10-15,18-21,27-28H,4,6-9,16-17,22-23H2,1-2H3. The summed E-state index contributed by atoms with van der Waals surface area (Å²) in [5, 5.41) is 10.8. The minimum Gasteiger partial charge on any atom is -0.424 e. The summed E-state index contributed by atoms with van der Waals surface area (Å²) in [6, 6.07) is 20.5. The highest BCUT2D eigenvalue weighted by molar-refractivity contribution is 6.98. The molecule has 0 atom stereocenters. The molecule has 3 heteroatoms. The summed E-state index contributed by atoms with van der Waals surface area (Å²) in [7, 11) is -2.87. The molecule has 0 amide bonds. The van der Waals surface area contributed by atoms with Crippen molar-refractivity contribution in [3.05, 3.63) is 60.7 Å². The monoisotopic (exact) mass is 408 g/mol. The van der Waals surface area contributed by atoms with Crippen molar-refractivity contribution in [2.24, 2.45) is 0 Å². The Bertz CT molecular complexity index is 720. The van der Waals surface area contributed by atoms with Crippen molar-refractivity contribution in [1.82, 2.24) is 0 Å². The van der Waals surface area contributed by atoms with Gasteiger partial charge in [-0.1, -0.05) is 87.4 Å². The quantitative estimate of drug-likeness (QED) is 0.323. The number of rotatable bonds is 11. The summed E-state index contributed by atoms with van der Waals surface area (Å²) >= 11 is 0. The minimum atomic E-state index is -2.87. The summed E-state index contributed by atoms with van der Waals surface area (Å²) in [4.78, 5) is 12.1. The van der Waals surface area contributed by atoms with Crippen LogP contribution in [-0.4, -0.2) is 24.8 Å². The van der Waals surface area contributed by atoms with Gasteiger partial charge in [0.25, 0.3) is 8.32 Å². The first-order valence-electron chi connectivity index (χ1n) is 10.9. The maximum Gasteiger partial charge on any atom is 0.258 e. The topological polar surface area (TPSA) is 40.5 Å². The van der Waals surface area contributed by atoms with Gasteiger partial charge in [-0.25, -0.2) is 0 Å². The summed E-state index contributed by atoms with van der Waals surface area (Å²) < 4.78 is 0. The van der Waals surface area contributed by atoms with Gasteiger partial charge in [-0.15, -0.1) is 11.8 Å². The third-order valence-electron chi connectivity index (χ3n) is 5.80. The molecule has 29 heavy (non-hydrogen) atoms. The van der Waals surface area contributed by atoms with Crippen LogP contribution in [0.4, 0.5) is 0 Å². The van der Waals surface area contributed by atoms with E-state index in [9.17, 15) is 4.80 Å². The third kappa shape index (κ3) is 6.57. The predicted molar refractivity (Wildman–Crippen MR) is 126 cm³/mol. The van der Waals surface area contributed by atoms with E-state index in [-0.39, 0.29) is 11.6 Å². The molecule has 2 rings (SSSR count). The number of unbranched alkanes of at least 4 members (excludes halogenated alkanes) is 5. The first-order valence-corrected chi connectivity index (χ1v) is 12.9. The molecule has 0 radical (unpaired) electrons. The molecule has 0 aromatic heterocycles. The molecule has 156 valence electrons. The molecular weight excluding hydrogens is 372 g/mol. The van der Waals surface area contributed by atoms with Gasteiger partial charge in [0.15, 0.2) is 0 Å². The SMILES string of the molecule is CC(C)(CCCCCC#CCCCCO)[Si](O)(c1ccccc1)c1ccccc1. The Morgan fingerprint density at radius 2 is 1.21 bits per heavy atom.